The first kappa shape index (κ1) is 9.79. The Labute approximate surface area is 94.9 Å². The van der Waals surface area contributed by atoms with E-state index in [0.29, 0.717) is 0 Å². The molecule has 0 radical (unpaired) electrons. The molecule has 2 aliphatic carbocycles. The molecule has 2 aliphatic rings. The Kier molecular flexibility index (Phi) is 2.15. The fraction of sp³-hybridized carbons (Fsp3) is 0.750. The molecule has 0 saturated heterocycles. The summed E-state index contributed by atoms with van der Waals surface area (Å²) in [5.74, 6) is 1.60. The third kappa shape index (κ3) is 1.53. The van der Waals surface area contributed by atoms with Crippen LogP contribution in [0.4, 0.5) is 0 Å². The van der Waals surface area contributed by atoms with E-state index in [0.717, 1.165) is 24.0 Å². The van der Waals surface area contributed by atoms with Crippen molar-refractivity contribution in [2.45, 2.75) is 44.6 Å². The number of aryl methyl sites for hydroxylation is 1. The summed E-state index contributed by atoms with van der Waals surface area (Å²) >= 11 is 1.77. The lowest BCUT2D eigenvalue weighted by atomic mass is 10.0. The first-order chi connectivity index (χ1) is 7.20. The maximum Gasteiger partial charge on any atom is 0.0946 e. The predicted molar refractivity (Wildman–Crippen MR) is 62.9 cm³/mol. The van der Waals surface area contributed by atoms with Crippen molar-refractivity contribution >= 4 is 11.3 Å². The van der Waals surface area contributed by atoms with Gasteiger partial charge in [0, 0.05) is 23.0 Å². The zero-order valence-corrected chi connectivity index (χ0v) is 10.0. The summed E-state index contributed by atoms with van der Waals surface area (Å²) in [5.41, 5.74) is 7.76. The minimum absolute atomic E-state index is 0.112. The van der Waals surface area contributed by atoms with Crippen molar-refractivity contribution in [2.75, 3.05) is 0 Å². The maximum absolute atomic E-state index is 6.50. The van der Waals surface area contributed by atoms with Crippen LogP contribution in [0, 0.1) is 18.8 Å². The van der Waals surface area contributed by atoms with Gasteiger partial charge in [-0.2, -0.15) is 0 Å². The predicted octanol–water partition coefficient (Wildman–Crippen LogP) is 2.51. The molecule has 0 amide bonds. The molecule has 0 aromatic carbocycles. The van der Waals surface area contributed by atoms with Gasteiger partial charge >= 0.3 is 0 Å². The summed E-state index contributed by atoms with van der Waals surface area (Å²) < 4.78 is 0. The van der Waals surface area contributed by atoms with Crippen LogP contribution in [0.15, 0.2) is 5.38 Å². The van der Waals surface area contributed by atoms with Crippen LogP contribution in [0.25, 0.3) is 0 Å². The van der Waals surface area contributed by atoms with Gasteiger partial charge in [0.25, 0.3) is 0 Å². The van der Waals surface area contributed by atoms with E-state index in [1.165, 1.54) is 30.7 Å². The highest BCUT2D eigenvalue weighted by atomic mass is 32.1. The fourth-order valence-electron chi connectivity index (χ4n) is 3.31. The molecule has 2 fully saturated rings. The van der Waals surface area contributed by atoms with Gasteiger partial charge in [0.2, 0.25) is 0 Å². The van der Waals surface area contributed by atoms with Gasteiger partial charge in [-0.1, -0.05) is 12.8 Å². The summed E-state index contributed by atoms with van der Waals surface area (Å²) in [6.07, 6.45) is 6.49. The second kappa shape index (κ2) is 3.29. The van der Waals surface area contributed by atoms with E-state index in [1.807, 2.05) is 0 Å². The maximum atomic E-state index is 6.50. The summed E-state index contributed by atoms with van der Waals surface area (Å²) in [6, 6.07) is 0. The molecule has 3 heteroatoms. The topological polar surface area (TPSA) is 38.9 Å². The van der Waals surface area contributed by atoms with Gasteiger partial charge in [0.1, 0.15) is 0 Å². The molecule has 0 bridgehead atoms. The smallest absolute Gasteiger partial charge is 0.0946 e. The van der Waals surface area contributed by atoms with Crippen molar-refractivity contribution in [3.63, 3.8) is 0 Å². The zero-order valence-electron chi connectivity index (χ0n) is 9.20. The molecule has 1 aromatic rings. The Hall–Kier alpha value is -0.410. The summed E-state index contributed by atoms with van der Waals surface area (Å²) in [5, 5.41) is 3.37. The number of fused-ring (bicyclic) bond motifs is 1. The molecular weight excluding hydrogens is 204 g/mol. The largest absolute Gasteiger partial charge is 0.324 e. The van der Waals surface area contributed by atoms with Crippen molar-refractivity contribution in [3.05, 3.63) is 16.1 Å². The molecule has 1 aromatic heterocycles. The molecule has 0 aliphatic heterocycles. The fourth-order valence-corrected chi connectivity index (χ4v) is 4.19. The van der Waals surface area contributed by atoms with Crippen LogP contribution in [0.1, 0.15) is 36.4 Å². The van der Waals surface area contributed by atoms with E-state index < -0.39 is 0 Å². The van der Waals surface area contributed by atoms with E-state index in [2.05, 4.69) is 17.3 Å². The molecule has 2 saturated carbocycles. The molecular formula is C12H18N2S. The number of aromatic nitrogens is 1. The van der Waals surface area contributed by atoms with Gasteiger partial charge in [-0.25, -0.2) is 4.98 Å². The van der Waals surface area contributed by atoms with Crippen LogP contribution in [-0.4, -0.2) is 10.5 Å². The van der Waals surface area contributed by atoms with Crippen LogP contribution in [-0.2, 0) is 6.42 Å². The first-order valence-electron chi connectivity index (χ1n) is 5.90. The number of hydrogen-bond acceptors (Lipinski definition) is 3. The Bertz CT molecular complexity index is 359. The van der Waals surface area contributed by atoms with E-state index in [9.17, 15) is 0 Å². The minimum atomic E-state index is 0.112. The molecule has 2 atom stereocenters. The van der Waals surface area contributed by atoms with Crippen molar-refractivity contribution in [1.29, 1.82) is 0 Å². The summed E-state index contributed by atoms with van der Waals surface area (Å²) in [4.78, 5) is 4.53. The van der Waals surface area contributed by atoms with Crippen LogP contribution in [0.3, 0.4) is 0 Å². The lowest BCUT2D eigenvalue weighted by Crippen LogP contribution is -2.29. The van der Waals surface area contributed by atoms with Crippen LogP contribution >= 0.6 is 11.3 Å². The molecule has 15 heavy (non-hydrogen) atoms. The molecule has 3 rings (SSSR count). The molecule has 1 heterocycles. The molecule has 2 N–H and O–H groups in total. The highest BCUT2D eigenvalue weighted by molar-refractivity contribution is 7.09. The minimum Gasteiger partial charge on any atom is -0.324 e. The molecule has 2 nitrogen and oxygen atoms in total. The zero-order chi connectivity index (χ0) is 10.5. The Morgan fingerprint density at radius 3 is 2.67 bits per heavy atom. The summed E-state index contributed by atoms with van der Waals surface area (Å²) in [7, 11) is 0. The van der Waals surface area contributed by atoms with Gasteiger partial charge in [0.05, 0.1) is 5.01 Å². The Balaban J connectivity index is 1.73. The van der Waals surface area contributed by atoms with Gasteiger partial charge in [-0.15, -0.1) is 11.3 Å². The van der Waals surface area contributed by atoms with Crippen LogP contribution in [0.5, 0.6) is 0 Å². The van der Waals surface area contributed by atoms with Crippen molar-refractivity contribution < 1.29 is 0 Å². The number of thiazole rings is 1. The summed E-state index contributed by atoms with van der Waals surface area (Å²) in [6.45, 7) is 2.06. The van der Waals surface area contributed by atoms with Gasteiger partial charge in [-0.05, 0) is 31.6 Å². The number of nitrogens with two attached hydrogens (primary N) is 1. The normalized spacial score (nSPS) is 38.8. The first-order valence-corrected chi connectivity index (χ1v) is 6.78. The highest BCUT2D eigenvalue weighted by Gasteiger charge is 2.61. The SMILES string of the molecule is Cc1csc(CC2(N)C3CCCCC32)n1. The number of hydrogen-bond donors (Lipinski definition) is 1. The van der Waals surface area contributed by atoms with Gasteiger partial charge < -0.3 is 5.73 Å². The van der Waals surface area contributed by atoms with Gasteiger partial charge in [0.15, 0.2) is 0 Å². The van der Waals surface area contributed by atoms with Crippen LogP contribution < -0.4 is 5.73 Å². The monoisotopic (exact) mass is 222 g/mol. The third-order valence-electron chi connectivity index (χ3n) is 4.16. The van der Waals surface area contributed by atoms with Crippen molar-refractivity contribution in [3.8, 4) is 0 Å². The second-order valence-electron chi connectivity index (χ2n) is 5.17. The van der Waals surface area contributed by atoms with E-state index in [-0.39, 0.29) is 5.54 Å². The van der Waals surface area contributed by atoms with E-state index >= 15 is 0 Å². The Morgan fingerprint density at radius 2 is 2.13 bits per heavy atom. The average molecular weight is 222 g/mol. The molecule has 82 valence electrons. The number of rotatable bonds is 2. The van der Waals surface area contributed by atoms with Gasteiger partial charge in [-0.3, -0.25) is 0 Å². The standard InChI is InChI=1S/C12H18N2S/c1-8-7-15-11(14-8)6-12(13)9-4-2-3-5-10(9)12/h7,9-10H,2-6,13H2,1H3. The number of nitrogens with zero attached hydrogens (tertiary/aromatic N) is 1. The molecule has 0 spiro atoms. The lowest BCUT2D eigenvalue weighted by molar-refractivity contribution is 0.480. The quantitative estimate of drug-likeness (QED) is 0.835. The third-order valence-corrected chi connectivity index (χ3v) is 5.13. The van der Waals surface area contributed by atoms with Crippen molar-refractivity contribution in [1.82, 2.24) is 4.98 Å². The Morgan fingerprint density at radius 1 is 1.47 bits per heavy atom. The van der Waals surface area contributed by atoms with Crippen molar-refractivity contribution in [2.24, 2.45) is 17.6 Å². The van der Waals surface area contributed by atoms with E-state index in [4.69, 9.17) is 5.73 Å². The lowest BCUT2D eigenvalue weighted by Gasteiger charge is -2.08. The van der Waals surface area contributed by atoms with E-state index in [1.54, 1.807) is 11.3 Å². The second-order valence-corrected chi connectivity index (χ2v) is 6.11. The molecule has 2 unspecified atom stereocenters. The highest BCUT2D eigenvalue weighted by Crippen LogP contribution is 2.58. The average Bonchev–Trinajstić information content (AvgIpc) is 2.60. The van der Waals surface area contributed by atoms with Crippen LogP contribution in [0.2, 0.25) is 0 Å².